The molecule has 0 aromatic rings. The molecule has 1 saturated carbocycles. The standard InChI is InChI=1S/C7H10O/c8-6-2-5-7-3-1-4-7/h7-8H,1,3-4,6H2. The molecule has 0 aliphatic heterocycles. The predicted molar refractivity (Wildman–Crippen MR) is 32.2 cm³/mol. The monoisotopic (exact) mass is 110 g/mol. The van der Waals surface area contributed by atoms with Crippen LogP contribution in [-0.4, -0.2) is 11.7 Å². The molecule has 0 spiro atoms. The van der Waals surface area contributed by atoms with Crippen LogP contribution in [0.1, 0.15) is 19.3 Å². The van der Waals surface area contributed by atoms with Gasteiger partial charge in [-0.05, 0) is 12.8 Å². The molecule has 0 heterocycles. The summed E-state index contributed by atoms with van der Waals surface area (Å²) in [5.41, 5.74) is 0. The van der Waals surface area contributed by atoms with Crippen LogP contribution < -0.4 is 0 Å². The van der Waals surface area contributed by atoms with Crippen molar-refractivity contribution in [2.24, 2.45) is 5.92 Å². The first kappa shape index (κ1) is 5.65. The van der Waals surface area contributed by atoms with E-state index in [4.69, 9.17) is 5.11 Å². The van der Waals surface area contributed by atoms with Gasteiger partial charge in [0, 0.05) is 5.92 Å². The Morgan fingerprint density at radius 2 is 2.25 bits per heavy atom. The summed E-state index contributed by atoms with van der Waals surface area (Å²) in [5.74, 6) is 6.24. The van der Waals surface area contributed by atoms with Gasteiger partial charge in [-0.2, -0.15) is 0 Å². The lowest BCUT2D eigenvalue weighted by atomic mass is 9.86. The highest BCUT2D eigenvalue weighted by Gasteiger charge is 2.13. The second-order valence-electron chi connectivity index (χ2n) is 2.11. The van der Waals surface area contributed by atoms with Crippen LogP contribution in [0.3, 0.4) is 0 Å². The van der Waals surface area contributed by atoms with Gasteiger partial charge in [-0.25, -0.2) is 0 Å². The van der Waals surface area contributed by atoms with Crippen LogP contribution in [0.4, 0.5) is 0 Å². The molecular formula is C7H10O. The maximum atomic E-state index is 8.26. The zero-order chi connectivity index (χ0) is 5.82. The van der Waals surface area contributed by atoms with Gasteiger partial charge in [0.1, 0.15) is 6.61 Å². The van der Waals surface area contributed by atoms with Gasteiger partial charge < -0.3 is 5.11 Å². The summed E-state index contributed by atoms with van der Waals surface area (Å²) in [4.78, 5) is 0. The molecule has 0 radical (unpaired) electrons. The third-order valence-electron chi connectivity index (χ3n) is 1.49. The normalized spacial score (nSPS) is 18.6. The molecule has 0 aromatic heterocycles. The summed E-state index contributed by atoms with van der Waals surface area (Å²) in [7, 11) is 0. The lowest BCUT2D eigenvalue weighted by Gasteiger charge is -2.18. The zero-order valence-electron chi connectivity index (χ0n) is 4.85. The first-order valence-corrected chi connectivity index (χ1v) is 3.02. The number of hydrogen-bond acceptors (Lipinski definition) is 1. The van der Waals surface area contributed by atoms with Crippen molar-refractivity contribution in [3.63, 3.8) is 0 Å². The Kier molecular flexibility index (Phi) is 1.93. The van der Waals surface area contributed by atoms with Gasteiger partial charge in [0.2, 0.25) is 0 Å². The fourth-order valence-corrected chi connectivity index (χ4v) is 0.743. The molecule has 1 rings (SSSR count). The minimum atomic E-state index is 0.0243. The van der Waals surface area contributed by atoms with Crippen molar-refractivity contribution in [1.82, 2.24) is 0 Å². The van der Waals surface area contributed by atoms with E-state index in [1.165, 1.54) is 19.3 Å². The minimum Gasteiger partial charge on any atom is -0.384 e. The SMILES string of the molecule is OCC#CC1CCC1. The largest absolute Gasteiger partial charge is 0.384 e. The van der Waals surface area contributed by atoms with Gasteiger partial charge in [0.05, 0.1) is 0 Å². The molecule has 0 unspecified atom stereocenters. The Morgan fingerprint density at radius 1 is 1.50 bits per heavy atom. The van der Waals surface area contributed by atoms with Crippen LogP contribution in [0.5, 0.6) is 0 Å². The minimum absolute atomic E-state index is 0.0243. The lowest BCUT2D eigenvalue weighted by molar-refractivity contribution is 0.348. The van der Waals surface area contributed by atoms with Crippen molar-refractivity contribution in [2.75, 3.05) is 6.61 Å². The quantitative estimate of drug-likeness (QED) is 0.457. The summed E-state index contributed by atoms with van der Waals surface area (Å²) in [6, 6.07) is 0. The van der Waals surface area contributed by atoms with E-state index < -0.39 is 0 Å². The Labute approximate surface area is 49.7 Å². The van der Waals surface area contributed by atoms with Gasteiger partial charge in [-0.1, -0.05) is 18.3 Å². The summed E-state index contributed by atoms with van der Waals surface area (Å²) in [6.07, 6.45) is 3.81. The lowest BCUT2D eigenvalue weighted by Crippen LogP contribution is -2.07. The summed E-state index contributed by atoms with van der Waals surface area (Å²) in [5, 5.41) is 8.26. The van der Waals surface area contributed by atoms with Crippen molar-refractivity contribution < 1.29 is 5.11 Å². The Morgan fingerprint density at radius 3 is 2.62 bits per heavy atom. The summed E-state index contributed by atoms with van der Waals surface area (Å²) in [6.45, 7) is 0.0243. The van der Waals surface area contributed by atoms with Gasteiger partial charge in [0.15, 0.2) is 0 Å². The molecule has 1 N–H and O–H groups in total. The summed E-state index contributed by atoms with van der Waals surface area (Å²) >= 11 is 0. The van der Waals surface area contributed by atoms with E-state index in [0.29, 0.717) is 5.92 Å². The molecule has 1 aliphatic carbocycles. The highest BCUT2D eigenvalue weighted by Crippen LogP contribution is 2.24. The van der Waals surface area contributed by atoms with Crippen LogP contribution in [-0.2, 0) is 0 Å². The molecule has 44 valence electrons. The molecular weight excluding hydrogens is 100 g/mol. The van der Waals surface area contributed by atoms with E-state index in [1.54, 1.807) is 0 Å². The number of aliphatic hydroxyl groups excluding tert-OH is 1. The van der Waals surface area contributed by atoms with Crippen LogP contribution in [0.25, 0.3) is 0 Å². The predicted octanol–water partition coefficient (Wildman–Crippen LogP) is 0.782. The molecule has 0 amide bonds. The van der Waals surface area contributed by atoms with Crippen molar-refractivity contribution in [2.45, 2.75) is 19.3 Å². The second-order valence-corrected chi connectivity index (χ2v) is 2.11. The van der Waals surface area contributed by atoms with E-state index >= 15 is 0 Å². The van der Waals surface area contributed by atoms with Gasteiger partial charge >= 0.3 is 0 Å². The Balaban J connectivity index is 2.16. The highest BCUT2D eigenvalue weighted by atomic mass is 16.2. The van der Waals surface area contributed by atoms with E-state index in [2.05, 4.69) is 11.8 Å². The first-order valence-electron chi connectivity index (χ1n) is 3.02. The number of rotatable bonds is 0. The van der Waals surface area contributed by atoms with E-state index in [0.717, 1.165) is 0 Å². The van der Waals surface area contributed by atoms with Crippen LogP contribution >= 0.6 is 0 Å². The molecule has 1 heteroatoms. The second kappa shape index (κ2) is 2.74. The van der Waals surface area contributed by atoms with Gasteiger partial charge in [-0.3, -0.25) is 0 Å². The van der Waals surface area contributed by atoms with Gasteiger partial charge in [-0.15, -0.1) is 0 Å². The van der Waals surface area contributed by atoms with E-state index in [1.807, 2.05) is 0 Å². The average Bonchev–Trinajstić information content (AvgIpc) is 1.63. The molecule has 0 bridgehead atoms. The first-order chi connectivity index (χ1) is 3.93. The number of hydrogen-bond donors (Lipinski definition) is 1. The number of aliphatic hydroxyl groups is 1. The van der Waals surface area contributed by atoms with Crippen LogP contribution in [0.2, 0.25) is 0 Å². The van der Waals surface area contributed by atoms with Crippen molar-refractivity contribution in [3.05, 3.63) is 0 Å². The maximum Gasteiger partial charge on any atom is 0.104 e. The molecule has 1 fully saturated rings. The third kappa shape index (κ3) is 1.24. The van der Waals surface area contributed by atoms with E-state index in [9.17, 15) is 0 Å². The van der Waals surface area contributed by atoms with Crippen molar-refractivity contribution in [3.8, 4) is 11.8 Å². The highest BCUT2D eigenvalue weighted by molar-refractivity contribution is 5.06. The fraction of sp³-hybridized carbons (Fsp3) is 0.714. The molecule has 8 heavy (non-hydrogen) atoms. The average molecular weight is 110 g/mol. The zero-order valence-corrected chi connectivity index (χ0v) is 4.85. The molecule has 0 atom stereocenters. The van der Waals surface area contributed by atoms with Crippen LogP contribution in [0, 0.1) is 17.8 Å². The fourth-order valence-electron chi connectivity index (χ4n) is 0.743. The summed E-state index contributed by atoms with van der Waals surface area (Å²) < 4.78 is 0. The molecule has 1 aliphatic rings. The maximum absolute atomic E-state index is 8.26. The van der Waals surface area contributed by atoms with Crippen molar-refractivity contribution in [1.29, 1.82) is 0 Å². The molecule has 0 aromatic carbocycles. The van der Waals surface area contributed by atoms with E-state index in [-0.39, 0.29) is 6.61 Å². The smallest absolute Gasteiger partial charge is 0.104 e. The molecule has 0 saturated heterocycles. The van der Waals surface area contributed by atoms with Gasteiger partial charge in [0.25, 0.3) is 0 Å². The third-order valence-corrected chi connectivity index (χ3v) is 1.49. The Bertz CT molecular complexity index is 114. The topological polar surface area (TPSA) is 20.2 Å². The van der Waals surface area contributed by atoms with Crippen molar-refractivity contribution >= 4 is 0 Å². The Hall–Kier alpha value is -0.480. The van der Waals surface area contributed by atoms with Crippen LogP contribution in [0.15, 0.2) is 0 Å². The molecule has 1 nitrogen and oxygen atoms in total.